The third-order valence-corrected chi connectivity index (χ3v) is 3.75. The van der Waals surface area contributed by atoms with E-state index in [-0.39, 0.29) is 34.8 Å². The maximum absolute atomic E-state index is 14.0. The molecule has 0 aliphatic heterocycles. The lowest BCUT2D eigenvalue weighted by Gasteiger charge is -2.07. The number of fused-ring (bicyclic) bond motifs is 1. The number of hydrogen-bond donors (Lipinski definition) is 1. The molecule has 3 aromatic rings. The normalized spacial score (nSPS) is 11.0. The van der Waals surface area contributed by atoms with Crippen molar-refractivity contribution in [3.05, 3.63) is 46.8 Å². The van der Waals surface area contributed by atoms with Crippen molar-refractivity contribution in [2.75, 3.05) is 20.3 Å². The van der Waals surface area contributed by atoms with Crippen LogP contribution in [0, 0.1) is 5.82 Å². The summed E-state index contributed by atoms with van der Waals surface area (Å²) in [6, 6.07) is 5.91. The smallest absolute Gasteiger partial charge is 0.267 e. The molecule has 0 fully saturated rings. The van der Waals surface area contributed by atoms with E-state index in [9.17, 15) is 14.0 Å². The van der Waals surface area contributed by atoms with Crippen LogP contribution in [0.5, 0.6) is 0 Å². The molecule has 0 unspecified atom stereocenters. The van der Waals surface area contributed by atoms with Gasteiger partial charge in [-0.15, -0.1) is 0 Å². The van der Waals surface area contributed by atoms with Crippen LogP contribution in [0.4, 0.5) is 4.39 Å². The fraction of sp³-hybridized carbons (Fsp3) is 0.294. The number of nitrogens with one attached hydrogen (secondary N) is 1. The van der Waals surface area contributed by atoms with Gasteiger partial charge in [-0.25, -0.2) is 9.37 Å². The van der Waals surface area contributed by atoms with Crippen LogP contribution in [-0.4, -0.2) is 40.9 Å². The first-order chi connectivity index (χ1) is 12.6. The zero-order chi connectivity index (χ0) is 18.5. The first-order valence-corrected chi connectivity index (χ1v) is 7.97. The Morgan fingerprint density at radius 3 is 2.96 bits per heavy atom. The van der Waals surface area contributed by atoms with Crippen LogP contribution in [0.25, 0.3) is 22.4 Å². The highest BCUT2D eigenvalue weighted by molar-refractivity contribution is 5.89. The van der Waals surface area contributed by atoms with Gasteiger partial charge in [-0.1, -0.05) is 17.3 Å². The van der Waals surface area contributed by atoms with Crippen molar-refractivity contribution in [3.8, 4) is 11.3 Å². The van der Waals surface area contributed by atoms with Gasteiger partial charge in [-0.2, -0.15) is 0 Å². The summed E-state index contributed by atoms with van der Waals surface area (Å²) in [6.07, 6.45) is 1.87. The quantitative estimate of drug-likeness (QED) is 0.639. The van der Waals surface area contributed by atoms with Gasteiger partial charge in [0.15, 0.2) is 0 Å². The Bertz CT molecular complexity index is 982. The molecule has 0 aliphatic carbocycles. The molecule has 0 saturated carbocycles. The number of hydrogen-bond acceptors (Lipinski definition) is 6. The summed E-state index contributed by atoms with van der Waals surface area (Å²) in [5.74, 6) is -0.873. The lowest BCUT2D eigenvalue weighted by atomic mass is 10.1. The maximum Gasteiger partial charge on any atom is 0.267 e. The van der Waals surface area contributed by atoms with Crippen LogP contribution in [0.15, 0.2) is 39.9 Å². The molecule has 0 spiro atoms. The van der Waals surface area contributed by atoms with Crippen LogP contribution in [0.3, 0.4) is 0 Å². The Labute approximate surface area is 147 Å². The zero-order valence-electron chi connectivity index (χ0n) is 14.1. The SMILES string of the molecule is COCCCNC(=O)Cn1cnc2onc(-c3ccccc3F)c2c1=O. The predicted molar refractivity (Wildman–Crippen MR) is 91.0 cm³/mol. The van der Waals surface area contributed by atoms with Crippen LogP contribution in [-0.2, 0) is 16.1 Å². The van der Waals surface area contributed by atoms with E-state index < -0.39 is 11.4 Å². The van der Waals surface area contributed by atoms with Crippen LogP contribution in [0.1, 0.15) is 6.42 Å². The number of amides is 1. The Morgan fingerprint density at radius 1 is 1.38 bits per heavy atom. The number of carbonyl (C=O) groups excluding carboxylic acids is 1. The van der Waals surface area contributed by atoms with E-state index >= 15 is 0 Å². The van der Waals surface area contributed by atoms with Crippen molar-refractivity contribution in [1.29, 1.82) is 0 Å². The average molecular weight is 360 g/mol. The predicted octanol–water partition coefficient (Wildman–Crippen LogP) is 1.34. The van der Waals surface area contributed by atoms with Crippen molar-refractivity contribution >= 4 is 17.0 Å². The van der Waals surface area contributed by atoms with Gasteiger partial charge in [0, 0.05) is 25.8 Å². The van der Waals surface area contributed by atoms with E-state index in [2.05, 4.69) is 15.5 Å². The molecule has 1 amide bonds. The number of nitrogens with zero attached hydrogens (tertiary/aromatic N) is 3. The molecule has 1 N–H and O–H groups in total. The summed E-state index contributed by atoms with van der Waals surface area (Å²) < 4.78 is 25.1. The van der Waals surface area contributed by atoms with Gasteiger partial charge in [-0.05, 0) is 18.6 Å². The molecule has 0 atom stereocenters. The minimum atomic E-state index is -0.534. The molecule has 3 rings (SSSR count). The van der Waals surface area contributed by atoms with Crippen molar-refractivity contribution in [3.63, 3.8) is 0 Å². The number of benzene rings is 1. The molecule has 0 aliphatic rings. The second kappa shape index (κ2) is 7.87. The third kappa shape index (κ3) is 3.62. The van der Waals surface area contributed by atoms with Crippen LogP contribution >= 0.6 is 0 Å². The summed E-state index contributed by atoms with van der Waals surface area (Å²) in [4.78, 5) is 28.7. The molecule has 136 valence electrons. The molecule has 0 saturated heterocycles. The molecule has 1 aromatic carbocycles. The highest BCUT2D eigenvalue weighted by Crippen LogP contribution is 2.26. The molecule has 26 heavy (non-hydrogen) atoms. The average Bonchev–Trinajstić information content (AvgIpc) is 3.06. The van der Waals surface area contributed by atoms with Gasteiger partial charge >= 0.3 is 0 Å². The minimum absolute atomic E-state index is 0.00925. The number of methoxy groups -OCH3 is 1. The van der Waals surface area contributed by atoms with Crippen molar-refractivity contribution in [2.24, 2.45) is 0 Å². The molecule has 2 aromatic heterocycles. The molecule has 8 nitrogen and oxygen atoms in total. The van der Waals surface area contributed by atoms with Crippen LogP contribution < -0.4 is 10.9 Å². The molecule has 0 bridgehead atoms. The number of ether oxygens (including phenoxy) is 1. The second-order valence-corrected chi connectivity index (χ2v) is 5.57. The van der Waals surface area contributed by atoms with E-state index in [0.717, 1.165) is 4.57 Å². The molecular weight excluding hydrogens is 343 g/mol. The highest BCUT2D eigenvalue weighted by atomic mass is 19.1. The molecule has 0 radical (unpaired) electrons. The largest absolute Gasteiger partial charge is 0.385 e. The number of carbonyl (C=O) groups is 1. The first-order valence-electron chi connectivity index (χ1n) is 7.97. The topological polar surface area (TPSA) is 99.2 Å². The fourth-order valence-electron chi connectivity index (χ4n) is 2.49. The zero-order valence-corrected chi connectivity index (χ0v) is 14.1. The van der Waals surface area contributed by atoms with Gasteiger partial charge in [0.25, 0.3) is 11.3 Å². The summed E-state index contributed by atoms with van der Waals surface area (Å²) in [5.41, 5.74) is -0.344. The molecule has 2 heterocycles. The van der Waals surface area contributed by atoms with Gasteiger partial charge < -0.3 is 14.6 Å². The fourth-order valence-corrected chi connectivity index (χ4v) is 2.49. The summed E-state index contributed by atoms with van der Waals surface area (Å²) in [5, 5.41) is 6.49. The Kier molecular flexibility index (Phi) is 5.37. The van der Waals surface area contributed by atoms with E-state index in [1.165, 1.54) is 24.5 Å². The monoisotopic (exact) mass is 360 g/mol. The van der Waals surface area contributed by atoms with Gasteiger partial charge in [0.2, 0.25) is 5.91 Å². The van der Waals surface area contributed by atoms with Gasteiger partial charge in [0.1, 0.15) is 29.8 Å². The number of aromatic nitrogens is 3. The summed E-state index contributed by atoms with van der Waals surface area (Å²) >= 11 is 0. The van der Waals surface area contributed by atoms with E-state index in [1.807, 2.05) is 0 Å². The van der Waals surface area contributed by atoms with Crippen molar-refractivity contribution in [1.82, 2.24) is 20.0 Å². The Balaban J connectivity index is 1.89. The van der Waals surface area contributed by atoms with E-state index in [1.54, 1.807) is 13.2 Å². The van der Waals surface area contributed by atoms with Gasteiger partial charge in [-0.3, -0.25) is 14.2 Å². The highest BCUT2D eigenvalue weighted by Gasteiger charge is 2.19. The second-order valence-electron chi connectivity index (χ2n) is 5.57. The Morgan fingerprint density at radius 2 is 2.19 bits per heavy atom. The first kappa shape index (κ1) is 17.7. The summed E-state index contributed by atoms with van der Waals surface area (Å²) in [7, 11) is 1.58. The lowest BCUT2D eigenvalue weighted by molar-refractivity contribution is -0.121. The van der Waals surface area contributed by atoms with E-state index in [0.29, 0.717) is 19.6 Å². The lowest BCUT2D eigenvalue weighted by Crippen LogP contribution is -2.33. The van der Waals surface area contributed by atoms with Crippen molar-refractivity contribution in [2.45, 2.75) is 13.0 Å². The number of halogens is 1. The minimum Gasteiger partial charge on any atom is -0.385 e. The van der Waals surface area contributed by atoms with Crippen molar-refractivity contribution < 1.29 is 18.4 Å². The number of rotatable bonds is 7. The van der Waals surface area contributed by atoms with Crippen LogP contribution in [0.2, 0.25) is 0 Å². The standard InChI is InChI=1S/C17H17FN4O4/c1-25-8-4-7-19-13(23)9-22-10-20-16-14(17(22)24)15(21-26-16)11-5-2-3-6-12(11)18/h2-3,5-6,10H,4,7-9H2,1H3,(H,19,23). The Hall–Kier alpha value is -3.07. The third-order valence-electron chi connectivity index (χ3n) is 3.75. The van der Waals surface area contributed by atoms with Gasteiger partial charge in [0.05, 0.1) is 0 Å². The molecule has 9 heteroatoms. The van der Waals surface area contributed by atoms with E-state index in [4.69, 9.17) is 9.26 Å². The summed E-state index contributed by atoms with van der Waals surface area (Å²) in [6.45, 7) is 0.752. The molecular formula is C17H17FN4O4. The maximum atomic E-state index is 14.0.